The van der Waals surface area contributed by atoms with Crippen molar-refractivity contribution in [2.24, 2.45) is 5.41 Å². The van der Waals surface area contributed by atoms with Crippen LogP contribution in [0.2, 0.25) is 0 Å². The van der Waals surface area contributed by atoms with Gasteiger partial charge in [-0.1, -0.05) is 18.7 Å². The Bertz CT molecular complexity index is 956. The Morgan fingerprint density at radius 2 is 1.83 bits per heavy atom. The maximum atomic E-state index is 13.1. The first-order chi connectivity index (χ1) is 14.5. The van der Waals surface area contributed by atoms with E-state index in [4.69, 9.17) is 9.47 Å². The van der Waals surface area contributed by atoms with Gasteiger partial charge in [-0.3, -0.25) is 4.79 Å². The molecule has 0 bridgehead atoms. The first kappa shape index (κ1) is 19.4. The van der Waals surface area contributed by atoms with Gasteiger partial charge in [0.1, 0.15) is 19.0 Å². The molecule has 0 atom stereocenters. The molecule has 1 aromatic rings. The second-order valence-electron chi connectivity index (χ2n) is 8.91. The number of carbonyl (C=O) groups excluding carboxylic acids is 2. The van der Waals surface area contributed by atoms with Crippen LogP contribution in [0.15, 0.2) is 30.5 Å². The van der Waals surface area contributed by atoms with Gasteiger partial charge >= 0.3 is 5.97 Å². The van der Waals surface area contributed by atoms with Gasteiger partial charge in [0.05, 0.1) is 11.1 Å². The third kappa shape index (κ3) is 3.14. The van der Waals surface area contributed by atoms with Gasteiger partial charge in [0, 0.05) is 30.3 Å². The molecule has 5 rings (SSSR count). The summed E-state index contributed by atoms with van der Waals surface area (Å²) in [4.78, 5) is 28.7. The topological polar surface area (TPSA) is 59.1 Å². The summed E-state index contributed by atoms with van der Waals surface area (Å²) in [5, 5.41) is 0. The van der Waals surface area contributed by atoms with Crippen molar-refractivity contribution in [2.45, 2.75) is 39.2 Å². The number of esters is 1. The number of piperidine rings is 1. The van der Waals surface area contributed by atoms with Gasteiger partial charge in [0.25, 0.3) is 0 Å². The van der Waals surface area contributed by atoms with Crippen LogP contribution in [-0.4, -0.2) is 54.5 Å². The van der Waals surface area contributed by atoms with Gasteiger partial charge in [-0.2, -0.15) is 0 Å². The second kappa shape index (κ2) is 7.27. The summed E-state index contributed by atoms with van der Waals surface area (Å²) in [5.41, 5.74) is 5.57. The van der Waals surface area contributed by atoms with Crippen LogP contribution in [0.5, 0.6) is 0 Å². The van der Waals surface area contributed by atoms with E-state index in [1.807, 2.05) is 0 Å². The molecular formula is C24H28N2O4. The molecule has 6 heteroatoms. The summed E-state index contributed by atoms with van der Waals surface area (Å²) in [6.07, 6.45) is 5.12. The number of rotatable bonds is 4. The molecule has 0 aliphatic carbocycles. The van der Waals surface area contributed by atoms with Gasteiger partial charge in [0.15, 0.2) is 0 Å². The van der Waals surface area contributed by atoms with Crippen LogP contribution < -0.4 is 0 Å². The van der Waals surface area contributed by atoms with E-state index in [0.717, 1.165) is 62.3 Å². The average molecular weight is 408 g/mol. The number of benzene rings is 1. The predicted octanol–water partition coefficient (Wildman–Crippen LogP) is 2.79. The van der Waals surface area contributed by atoms with E-state index in [-0.39, 0.29) is 23.9 Å². The van der Waals surface area contributed by atoms with Crippen LogP contribution in [0, 0.1) is 12.3 Å². The highest BCUT2D eigenvalue weighted by Gasteiger charge is 2.49. The number of ether oxygens (including phenoxy) is 2. The van der Waals surface area contributed by atoms with Gasteiger partial charge in [-0.25, -0.2) is 4.79 Å². The van der Waals surface area contributed by atoms with Crippen molar-refractivity contribution in [1.82, 2.24) is 9.80 Å². The SMILES string of the molecule is C=C1OCc2c1ccc(CCN1CCC3(CC1)CCN(C1=CC(=O)OC1)C3=O)c2C. The van der Waals surface area contributed by atoms with Crippen molar-refractivity contribution in [3.63, 3.8) is 0 Å². The molecule has 158 valence electrons. The Morgan fingerprint density at radius 3 is 2.57 bits per heavy atom. The molecule has 0 radical (unpaired) electrons. The fourth-order valence-corrected chi connectivity index (χ4v) is 5.32. The van der Waals surface area contributed by atoms with Crippen LogP contribution in [0.25, 0.3) is 5.76 Å². The maximum Gasteiger partial charge on any atom is 0.333 e. The van der Waals surface area contributed by atoms with Crippen molar-refractivity contribution in [1.29, 1.82) is 0 Å². The molecular weight excluding hydrogens is 380 g/mol. The smallest absolute Gasteiger partial charge is 0.333 e. The van der Waals surface area contributed by atoms with Crippen molar-refractivity contribution in [3.8, 4) is 0 Å². The molecule has 2 saturated heterocycles. The molecule has 0 aromatic heterocycles. The number of carbonyl (C=O) groups is 2. The Balaban J connectivity index is 1.18. The Hall–Kier alpha value is -2.60. The Labute approximate surface area is 177 Å². The van der Waals surface area contributed by atoms with Crippen LogP contribution in [0.3, 0.4) is 0 Å². The van der Waals surface area contributed by atoms with Crippen molar-refractivity contribution >= 4 is 17.6 Å². The van der Waals surface area contributed by atoms with Gasteiger partial charge < -0.3 is 19.3 Å². The van der Waals surface area contributed by atoms with Crippen LogP contribution in [0.1, 0.15) is 41.5 Å². The number of cyclic esters (lactones) is 1. The molecule has 0 saturated carbocycles. The zero-order chi connectivity index (χ0) is 20.9. The predicted molar refractivity (Wildman–Crippen MR) is 112 cm³/mol. The molecule has 4 aliphatic heterocycles. The maximum absolute atomic E-state index is 13.1. The molecule has 0 N–H and O–H groups in total. The monoisotopic (exact) mass is 408 g/mol. The zero-order valence-electron chi connectivity index (χ0n) is 17.5. The van der Waals surface area contributed by atoms with E-state index in [0.29, 0.717) is 13.2 Å². The lowest BCUT2D eigenvalue weighted by molar-refractivity contribution is -0.138. The number of hydrogen-bond donors (Lipinski definition) is 0. The molecule has 4 heterocycles. The lowest BCUT2D eigenvalue weighted by Crippen LogP contribution is -2.45. The fraction of sp³-hybridized carbons (Fsp3) is 0.500. The molecule has 1 aromatic carbocycles. The van der Waals surface area contributed by atoms with E-state index >= 15 is 0 Å². The molecule has 1 spiro atoms. The van der Waals surface area contributed by atoms with Crippen LogP contribution >= 0.6 is 0 Å². The van der Waals surface area contributed by atoms with Crippen molar-refractivity contribution < 1.29 is 19.1 Å². The third-order valence-electron chi connectivity index (χ3n) is 7.42. The average Bonchev–Trinajstić information content (AvgIpc) is 3.42. The highest BCUT2D eigenvalue weighted by molar-refractivity contribution is 5.90. The van der Waals surface area contributed by atoms with E-state index in [9.17, 15) is 9.59 Å². The first-order valence-corrected chi connectivity index (χ1v) is 10.8. The summed E-state index contributed by atoms with van der Waals surface area (Å²) in [6.45, 7) is 10.6. The summed E-state index contributed by atoms with van der Waals surface area (Å²) in [7, 11) is 0. The quantitative estimate of drug-likeness (QED) is 0.717. The number of fused-ring (bicyclic) bond motifs is 1. The highest BCUT2D eigenvalue weighted by Crippen LogP contribution is 2.43. The van der Waals surface area contributed by atoms with Gasteiger partial charge in [0.2, 0.25) is 5.91 Å². The second-order valence-corrected chi connectivity index (χ2v) is 8.91. The van der Waals surface area contributed by atoms with Crippen LogP contribution in [0.4, 0.5) is 0 Å². The minimum Gasteiger partial charge on any atom is -0.489 e. The molecule has 4 aliphatic rings. The number of likely N-dealkylation sites (tertiary alicyclic amines) is 2. The summed E-state index contributed by atoms with van der Waals surface area (Å²) in [5.74, 6) is 0.619. The highest BCUT2D eigenvalue weighted by atomic mass is 16.5. The van der Waals surface area contributed by atoms with Gasteiger partial charge in [-0.05, 0) is 56.8 Å². The molecule has 1 amide bonds. The van der Waals surface area contributed by atoms with Crippen LogP contribution in [-0.2, 0) is 32.1 Å². The normalized spacial score (nSPS) is 23.0. The van der Waals surface area contributed by atoms with E-state index in [2.05, 4.69) is 30.5 Å². The van der Waals surface area contributed by atoms with E-state index in [1.165, 1.54) is 22.8 Å². The fourth-order valence-electron chi connectivity index (χ4n) is 5.32. The minimum atomic E-state index is -0.341. The lowest BCUT2D eigenvalue weighted by atomic mass is 9.77. The Morgan fingerprint density at radius 1 is 1.07 bits per heavy atom. The van der Waals surface area contributed by atoms with E-state index < -0.39 is 0 Å². The number of amides is 1. The summed E-state index contributed by atoms with van der Waals surface area (Å²) < 4.78 is 10.6. The molecule has 6 nitrogen and oxygen atoms in total. The Kier molecular flexibility index (Phi) is 4.69. The lowest BCUT2D eigenvalue weighted by Gasteiger charge is -2.38. The molecule has 0 unspecified atom stereocenters. The third-order valence-corrected chi connectivity index (χ3v) is 7.42. The standard InChI is InChI=1S/C24H28N2O4/c1-16-18(3-4-20-17(2)29-15-21(16)20)5-9-25-10-6-24(7-11-25)8-12-26(23(24)28)19-13-22(27)30-14-19/h3-4,13H,2,5-12,14-15H2,1H3. The van der Waals surface area contributed by atoms with Gasteiger partial charge in [-0.15, -0.1) is 0 Å². The summed E-state index contributed by atoms with van der Waals surface area (Å²) >= 11 is 0. The first-order valence-electron chi connectivity index (χ1n) is 10.8. The zero-order valence-corrected chi connectivity index (χ0v) is 17.5. The van der Waals surface area contributed by atoms with Crippen molar-refractivity contribution in [2.75, 3.05) is 32.8 Å². The minimum absolute atomic E-state index is 0.182. The number of nitrogens with zero attached hydrogens (tertiary/aromatic N) is 2. The molecule has 30 heavy (non-hydrogen) atoms. The molecule has 2 fully saturated rings. The summed E-state index contributed by atoms with van der Waals surface area (Å²) in [6, 6.07) is 4.34. The van der Waals surface area contributed by atoms with Crippen molar-refractivity contribution in [3.05, 3.63) is 52.7 Å². The van der Waals surface area contributed by atoms with E-state index in [1.54, 1.807) is 4.90 Å². The number of hydrogen-bond acceptors (Lipinski definition) is 5. The largest absolute Gasteiger partial charge is 0.489 e.